The molecule has 1 unspecified atom stereocenters. The highest BCUT2D eigenvalue weighted by Crippen LogP contribution is 2.32. The maximum absolute atomic E-state index is 13.5. The first-order valence-electron chi connectivity index (χ1n) is 17.0. The van der Waals surface area contributed by atoms with Gasteiger partial charge in [0.2, 0.25) is 0 Å². The predicted octanol–water partition coefficient (Wildman–Crippen LogP) is 5.23. The number of hydrogen-bond donors (Lipinski definition) is 2. The summed E-state index contributed by atoms with van der Waals surface area (Å²) in [5, 5.41) is 14.0. The van der Waals surface area contributed by atoms with Crippen LogP contribution in [0, 0.1) is 11.8 Å². The number of aromatic nitrogens is 2. The van der Waals surface area contributed by atoms with Crippen molar-refractivity contribution in [2.24, 2.45) is 0 Å². The minimum Gasteiger partial charge on any atom is -0.489 e. The summed E-state index contributed by atoms with van der Waals surface area (Å²) in [6, 6.07) is 29.0. The predicted molar refractivity (Wildman–Crippen MR) is 195 cm³/mol. The van der Waals surface area contributed by atoms with Crippen molar-refractivity contribution in [2.75, 3.05) is 31.6 Å². The maximum atomic E-state index is 13.5. The molecule has 1 atom stereocenters. The fourth-order valence-corrected chi connectivity index (χ4v) is 5.91. The molecule has 2 aromatic heterocycles. The number of hydrogen-bond acceptors (Lipinski definition) is 9. The van der Waals surface area contributed by atoms with Crippen LogP contribution in [0.1, 0.15) is 39.4 Å². The fraction of sp³-hybridized carbons (Fsp3) is 0.195. The number of aliphatic hydroxyl groups is 1. The van der Waals surface area contributed by atoms with E-state index in [2.05, 4.69) is 27.1 Å². The monoisotopic (exact) mass is 709 g/mol. The Hall–Kier alpha value is -6.71. The average molecular weight is 710 g/mol. The van der Waals surface area contributed by atoms with E-state index in [0.717, 1.165) is 0 Å². The van der Waals surface area contributed by atoms with Crippen LogP contribution in [0.3, 0.4) is 0 Å². The van der Waals surface area contributed by atoms with Crippen LogP contribution in [0.5, 0.6) is 28.7 Å². The number of anilines is 1. The molecule has 4 heterocycles. The molecule has 266 valence electrons. The van der Waals surface area contributed by atoms with E-state index in [4.69, 9.17) is 14.2 Å². The lowest BCUT2D eigenvalue weighted by atomic mass is 9.91. The Morgan fingerprint density at radius 1 is 0.830 bits per heavy atom. The SMILES string of the molecule is CN1C(=O)C(NC(=O)c2cc(Oc3ccccc3)ccn2)COc2ccc(C#CC3(O)CCN(C(=O)c4cc(Oc5ccccc5)ccn4)CC3)cc21. The molecule has 0 radical (unpaired) electrons. The Bertz CT molecular complexity index is 2200. The van der Waals surface area contributed by atoms with Gasteiger partial charge in [0.25, 0.3) is 17.7 Å². The summed E-state index contributed by atoms with van der Waals surface area (Å²) in [7, 11) is 1.59. The fourth-order valence-electron chi connectivity index (χ4n) is 5.91. The minimum atomic E-state index is -1.32. The van der Waals surface area contributed by atoms with Crippen molar-refractivity contribution in [1.29, 1.82) is 0 Å². The summed E-state index contributed by atoms with van der Waals surface area (Å²) in [6.07, 6.45) is 3.49. The smallest absolute Gasteiger partial charge is 0.272 e. The molecule has 2 N–H and O–H groups in total. The van der Waals surface area contributed by atoms with Crippen LogP contribution in [0.4, 0.5) is 5.69 Å². The van der Waals surface area contributed by atoms with Gasteiger partial charge in [0, 0.05) is 63.1 Å². The maximum Gasteiger partial charge on any atom is 0.272 e. The molecule has 3 amide bonds. The second-order valence-corrected chi connectivity index (χ2v) is 12.6. The first-order valence-corrected chi connectivity index (χ1v) is 17.0. The number of amides is 3. The van der Waals surface area contributed by atoms with Crippen molar-refractivity contribution in [1.82, 2.24) is 20.2 Å². The van der Waals surface area contributed by atoms with Crippen LogP contribution in [-0.2, 0) is 4.79 Å². The average Bonchev–Trinajstić information content (AvgIpc) is 3.30. The second-order valence-electron chi connectivity index (χ2n) is 12.6. The normalized spacial score (nSPS) is 16.2. The van der Waals surface area contributed by atoms with Crippen LogP contribution in [0.25, 0.3) is 0 Å². The Morgan fingerprint density at radius 3 is 2.08 bits per heavy atom. The van der Waals surface area contributed by atoms with Crippen molar-refractivity contribution < 1.29 is 33.7 Å². The number of piperidine rings is 1. The number of para-hydroxylation sites is 2. The topological polar surface area (TPSA) is 143 Å². The molecule has 5 aromatic rings. The summed E-state index contributed by atoms with van der Waals surface area (Å²) < 4.78 is 17.6. The van der Waals surface area contributed by atoms with Gasteiger partial charge >= 0.3 is 0 Å². The summed E-state index contributed by atoms with van der Waals surface area (Å²) >= 11 is 0. The van der Waals surface area contributed by atoms with E-state index in [9.17, 15) is 19.5 Å². The van der Waals surface area contributed by atoms with Crippen molar-refractivity contribution in [3.05, 3.63) is 132 Å². The van der Waals surface area contributed by atoms with Crippen LogP contribution >= 0.6 is 0 Å². The van der Waals surface area contributed by atoms with E-state index >= 15 is 0 Å². The third kappa shape index (κ3) is 8.27. The number of likely N-dealkylation sites (N-methyl/N-ethyl adjacent to an activating group) is 1. The Kier molecular flexibility index (Phi) is 10.0. The number of carbonyl (C=O) groups excluding carboxylic acids is 3. The summed E-state index contributed by atoms with van der Waals surface area (Å²) in [5.41, 5.74) is 0.0385. The van der Waals surface area contributed by atoms with Gasteiger partial charge in [0.05, 0.1) is 5.69 Å². The lowest BCUT2D eigenvalue weighted by Crippen LogP contribution is -2.49. The number of nitrogens with one attached hydrogen (secondary N) is 1. The molecule has 0 saturated carbocycles. The minimum absolute atomic E-state index is 0.0839. The van der Waals surface area contributed by atoms with E-state index in [1.165, 1.54) is 23.4 Å². The molecule has 1 fully saturated rings. The van der Waals surface area contributed by atoms with Gasteiger partial charge in [-0.2, -0.15) is 0 Å². The summed E-state index contributed by atoms with van der Waals surface area (Å²) in [6.45, 7) is 0.484. The van der Waals surface area contributed by atoms with Gasteiger partial charge in [-0.3, -0.25) is 24.4 Å². The molecule has 0 aliphatic carbocycles. The lowest BCUT2D eigenvalue weighted by Gasteiger charge is -2.34. The number of pyridine rings is 2. The lowest BCUT2D eigenvalue weighted by molar-refractivity contribution is -0.120. The molecule has 1 saturated heterocycles. The summed E-state index contributed by atoms with van der Waals surface area (Å²) in [4.78, 5) is 51.4. The molecule has 2 aliphatic heterocycles. The van der Waals surface area contributed by atoms with Crippen LogP contribution in [-0.4, -0.2) is 76.1 Å². The Balaban J connectivity index is 0.964. The number of benzene rings is 3. The van der Waals surface area contributed by atoms with Gasteiger partial charge < -0.3 is 34.4 Å². The molecule has 2 aliphatic rings. The van der Waals surface area contributed by atoms with E-state index in [-0.39, 0.29) is 55.7 Å². The third-order valence-corrected chi connectivity index (χ3v) is 8.85. The zero-order chi connectivity index (χ0) is 36.8. The number of fused-ring (bicyclic) bond motifs is 1. The van der Waals surface area contributed by atoms with Crippen molar-refractivity contribution >= 4 is 23.4 Å². The van der Waals surface area contributed by atoms with Gasteiger partial charge in [0.1, 0.15) is 58.4 Å². The Labute approximate surface area is 306 Å². The van der Waals surface area contributed by atoms with Crippen molar-refractivity contribution in [3.8, 4) is 40.6 Å². The van der Waals surface area contributed by atoms with E-state index < -0.39 is 17.6 Å². The van der Waals surface area contributed by atoms with Gasteiger partial charge in [-0.25, -0.2) is 0 Å². The zero-order valence-electron chi connectivity index (χ0n) is 28.8. The molecule has 3 aromatic carbocycles. The largest absolute Gasteiger partial charge is 0.489 e. The number of ether oxygens (including phenoxy) is 3. The van der Waals surface area contributed by atoms with Crippen molar-refractivity contribution in [3.63, 3.8) is 0 Å². The molecule has 12 nitrogen and oxygen atoms in total. The van der Waals surface area contributed by atoms with Crippen LogP contribution < -0.4 is 24.4 Å². The van der Waals surface area contributed by atoms with Gasteiger partial charge in [0.15, 0.2) is 0 Å². The summed E-state index contributed by atoms with van der Waals surface area (Å²) in [5.74, 6) is 7.45. The number of likely N-dealkylation sites (tertiary alicyclic amines) is 1. The van der Waals surface area contributed by atoms with Crippen LogP contribution in [0.2, 0.25) is 0 Å². The van der Waals surface area contributed by atoms with Gasteiger partial charge in [-0.15, -0.1) is 0 Å². The molecule has 0 bridgehead atoms. The highest BCUT2D eigenvalue weighted by Gasteiger charge is 2.34. The van der Waals surface area contributed by atoms with E-state index in [0.29, 0.717) is 40.0 Å². The van der Waals surface area contributed by atoms with E-state index in [1.54, 1.807) is 60.5 Å². The van der Waals surface area contributed by atoms with Gasteiger partial charge in [-0.05, 0) is 54.6 Å². The molecule has 12 heteroatoms. The standard InChI is InChI=1S/C41H35N5O7/c1-45-36-24-28(14-17-41(50)18-22-46(23-19-41)40(49)34-26-32(16-21-43-34)53-30-10-6-3-7-11-30)12-13-37(36)51-27-35(39(45)48)44-38(47)33-25-31(15-20-42-33)52-29-8-4-2-5-9-29/h2-13,15-16,20-21,24-26,35,50H,18-19,22-23,27H2,1H3,(H,44,47). The van der Waals surface area contributed by atoms with E-state index in [1.807, 2.05) is 48.5 Å². The molecule has 7 rings (SSSR count). The quantitative estimate of drug-likeness (QED) is 0.217. The van der Waals surface area contributed by atoms with Crippen LogP contribution in [0.15, 0.2) is 116 Å². The highest BCUT2D eigenvalue weighted by atomic mass is 16.5. The molecule has 53 heavy (non-hydrogen) atoms. The highest BCUT2D eigenvalue weighted by molar-refractivity contribution is 6.03. The molecule has 0 spiro atoms. The number of rotatable bonds is 7. The zero-order valence-corrected chi connectivity index (χ0v) is 28.8. The Morgan fingerprint density at radius 2 is 1.43 bits per heavy atom. The molecular weight excluding hydrogens is 674 g/mol. The number of nitrogens with zero attached hydrogens (tertiary/aromatic N) is 4. The first kappa shape index (κ1) is 34.7. The third-order valence-electron chi connectivity index (χ3n) is 8.85. The molecular formula is C41H35N5O7. The van der Waals surface area contributed by atoms with Crippen molar-refractivity contribution in [2.45, 2.75) is 24.5 Å². The second kappa shape index (κ2) is 15.3. The van der Waals surface area contributed by atoms with Gasteiger partial charge in [-0.1, -0.05) is 48.2 Å². The number of carbonyl (C=O) groups is 3. The first-order chi connectivity index (χ1) is 25.7.